The molecule has 6 nitrogen and oxygen atoms in total. The van der Waals surface area contributed by atoms with Crippen molar-refractivity contribution in [2.24, 2.45) is 5.73 Å². The van der Waals surface area contributed by atoms with Crippen molar-refractivity contribution in [1.82, 2.24) is 4.90 Å². The van der Waals surface area contributed by atoms with Crippen molar-refractivity contribution < 1.29 is 18.7 Å². The molecule has 0 saturated carbocycles. The third-order valence-corrected chi connectivity index (χ3v) is 4.46. The van der Waals surface area contributed by atoms with E-state index in [9.17, 15) is 14.0 Å². The maximum Gasteiger partial charge on any atom is 0.325 e. The molecule has 2 aromatic carbocycles. The Morgan fingerprint density at radius 1 is 1.07 bits per heavy atom. The maximum absolute atomic E-state index is 14.4. The predicted octanol–water partition coefficient (Wildman–Crippen LogP) is 2.43. The summed E-state index contributed by atoms with van der Waals surface area (Å²) in [5, 5.41) is 0. The van der Waals surface area contributed by atoms with Crippen LogP contribution in [0.15, 0.2) is 48.5 Å². The van der Waals surface area contributed by atoms with E-state index in [2.05, 4.69) is 0 Å². The van der Waals surface area contributed by atoms with Crippen LogP contribution < -0.4 is 10.6 Å². The van der Waals surface area contributed by atoms with Crippen LogP contribution in [-0.4, -0.2) is 49.6 Å². The first-order valence-corrected chi connectivity index (χ1v) is 8.81. The Morgan fingerprint density at radius 2 is 1.74 bits per heavy atom. The smallest absolute Gasteiger partial charge is 0.325 e. The highest BCUT2D eigenvalue weighted by atomic mass is 19.1. The summed E-state index contributed by atoms with van der Waals surface area (Å²) in [7, 11) is 0. The van der Waals surface area contributed by atoms with Gasteiger partial charge in [0.05, 0.1) is 32.0 Å². The van der Waals surface area contributed by atoms with Crippen molar-refractivity contribution >= 4 is 17.5 Å². The third-order valence-electron chi connectivity index (χ3n) is 4.46. The standard InChI is InChI=1S/C20H22FN3O3/c21-17-3-1-2-4-18(17)24(20(26)23-9-11-27-12-10-23)14-15-5-7-16(8-6-15)19(25)13-22/h1-8H,9-14,22H2. The summed E-state index contributed by atoms with van der Waals surface area (Å²) < 4.78 is 19.7. The number of anilines is 1. The second kappa shape index (κ2) is 8.75. The summed E-state index contributed by atoms with van der Waals surface area (Å²) in [6.45, 7) is 1.99. The number of halogens is 1. The number of ketones is 1. The predicted molar refractivity (Wildman–Crippen MR) is 100 cm³/mol. The van der Waals surface area contributed by atoms with Crippen LogP contribution in [0.3, 0.4) is 0 Å². The van der Waals surface area contributed by atoms with Gasteiger partial charge in [-0.1, -0.05) is 36.4 Å². The van der Waals surface area contributed by atoms with Crippen LogP contribution in [0.1, 0.15) is 15.9 Å². The second-order valence-corrected chi connectivity index (χ2v) is 6.24. The molecule has 7 heteroatoms. The van der Waals surface area contributed by atoms with Gasteiger partial charge in [-0.2, -0.15) is 0 Å². The number of rotatable bonds is 5. The number of para-hydroxylation sites is 1. The number of nitrogens with zero attached hydrogens (tertiary/aromatic N) is 2. The number of carbonyl (C=O) groups is 2. The zero-order chi connectivity index (χ0) is 19.2. The van der Waals surface area contributed by atoms with Crippen molar-refractivity contribution in [3.8, 4) is 0 Å². The zero-order valence-corrected chi connectivity index (χ0v) is 14.9. The molecule has 0 spiro atoms. The van der Waals surface area contributed by atoms with E-state index in [1.807, 2.05) is 0 Å². The summed E-state index contributed by atoms with van der Waals surface area (Å²) >= 11 is 0. The van der Waals surface area contributed by atoms with Gasteiger partial charge < -0.3 is 15.4 Å². The van der Waals surface area contributed by atoms with Gasteiger partial charge in [-0.15, -0.1) is 0 Å². The van der Waals surface area contributed by atoms with Gasteiger partial charge in [0.25, 0.3) is 0 Å². The van der Waals surface area contributed by atoms with Crippen molar-refractivity contribution in [3.05, 3.63) is 65.5 Å². The van der Waals surface area contributed by atoms with Crippen molar-refractivity contribution in [2.75, 3.05) is 37.7 Å². The Balaban J connectivity index is 1.86. The van der Waals surface area contributed by atoms with E-state index in [1.54, 1.807) is 47.4 Å². The van der Waals surface area contributed by atoms with Crippen LogP contribution in [0.4, 0.5) is 14.9 Å². The number of ether oxygens (including phenoxy) is 1. The minimum Gasteiger partial charge on any atom is -0.378 e. The number of hydrogen-bond donors (Lipinski definition) is 1. The van der Waals surface area contributed by atoms with Crippen LogP contribution in [0.2, 0.25) is 0 Å². The number of amides is 2. The lowest BCUT2D eigenvalue weighted by molar-refractivity contribution is 0.0547. The van der Waals surface area contributed by atoms with E-state index in [0.29, 0.717) is 31.9 Å². The molecular weight excluding hydrogens is 349 g/mol. The van der Waals surface area contributed by atoms with Crippen molar-refractivity contribution in [2.45, 2.75) is 6.54 Å². The van der Waals surface area contributed by atoms with Gasteiger partial charge >= 0.3 is 6.03 Å². The first kappa shape index (κ1) is 19.0. The molecule has 142 valence electrons. The molecule has 27 heavy (non-hydrogen) atoms. The first-order chi connectivity index (χ1) is 13.1. The minimum atomic E-state index is -0.464. The maximum atomic E-state index is 14.4. The molecule has 0 radical (unpaired) electrons. The highest BCUT2D eigenvalue weighted by Crippen LogP contribution is 2.23. The van der Waals surface area contributed by atoms with Gasteiger partial charge in [-0.3, -0.25) is 9.69 Å². The Bertz CT molecular complexity index is 804. The number of carbonyl (C=O) groups excluding carboxylic acids is 2. The molecule has 1 heterocycles. The number of urea groups is 1. The monoisotopic (exact) mass is 371 g/mol. The molecule has 1 fully saturated rings. The molecule has 0 aromatic heterocycles. The highest BCUT2D eigenvalue weighted by molar-refractivity contribution is 5.97. The van der Waals surface area contributed by atoms with Gasteiger partial charge in [0, 0.05) is 18.7 Å². The number of benzene rings is 2. The molecule has 0 unspecified atom stereocenters. The number of nitrogens with two attached hydrogens (primary N) is 1. The molecule has 2 amide bonds. The van der Waals surface area contributed by atoms with Crippen LogP contribution in [-0.2, 0) is 11.3 Å². The molecule has 3 rings (SSSR count). The fourth-order valence-electron chi connectivity index (χ4n) is 2.95. The third kappa shape index (κ3) is 4.50. The van der Waals surface area contributed by atoms with E-state index < -0.39 is 5.82 Å². The summed E-state index contributed by atoms with van der Waals surface area (Å²) in [5.41, 5.74) is 6.89. The summed E-state index contributed by atoms with van der Waals surface area (Å²) in [5.74, 6) is -0.619. The lowest BCUT2D eigenvalue weighted by atomic mass is 10.1. The summed E-state index contributed by atoms with van der Waals surface area (Å²) in [6, 6.07) is 12.8. The Hall–Kier alpha value is -2.77. The second-order valence-electron chi connectivity index (χ2n) is 6.24. The van der Waals surface area contributed by atoms with Crippen LogP contribution in [0, 0.1) is 5.82 Å². The molecule has 2 N–H and O–H groups in total. The molecule has 1 saturated heterocycles. The zero-order valence-electron chi connectivity index (χ0n) is 14.9. The molecule has 2 aromatic rings. The van der Waals surface area contributed by atoms with Crippen LogP contribution in [0.5, 0.6) is 0 Å². The van der Waals surface area contributed by atoms with E-state index in [-0.39, 0.29) is 30.6 Å². The SMILES string of the molecule is NCC(=O)c1ccc(CN(C(=O)N2CCOCC2)c2ccccc2F)cc1. The fraction of sp³-hybridized carbons (Fsp3) is 0.300. The topological polar surface area (TPSA) is 75.9 Å². The van der Waals surface area contributed by atoms with Gasteiger partial charge in [-0.05, 0) is 17.7 Å². The normalized spacial score (nSPS) is 14.1. The van der Waals surface area contributed by atoms with Crippen molar-refractivity contribution in [1.29, 1.82) is 0 Å². The molecular formula is C20H22FN3O3. The number of Topliss-reactive ketones (excluding diaryl/α,β-unsaturated/α-hetero) is 1. The van der Waals surface area contributed by atoms with Gasteiger partial charge in [0.1, 0.15) is 5.82 Å². The molecule has 0 bridgehead atoms. The summed E-state index contributed by atoms with van der Waals surface area (Å²) in [4.78, 5) is 27.8. The number of hydrogen-bond acceptors (Lipinski definition) is 4. The molecule has 1 aliphatic rings. The van der Waals surface area contributed by atoms with E-state index in [1.165, 1.54) is 11.0 Å². The van der Waals surface area contributed by atoms with E-state index in [4.69, 9.17) is 10.5 Å². The quantitative estimate of drug-likeness (QED) is 0.819. The molecule has 0 atom stereocenters. The Morgan fingerprint density at radius 3 is 2.37 bits per heavy atom. The van der Waals surface area contributed by atoms with E-state index in [0.717, 1.165) is 5.56 Å². The van der Waals surface area contributed by atoms with Gasteiger partial charge in [0.2, 0.25) is 0 Å². The van der Waals surface area contributed by atoms with Crippen LogP contribution in [0.25, 0.3) is 0 Å². The average molecular weight is 371 g/mol. The lowest BCUT2D eigenvalue weighted by Gasteiger charge is -2.33. The minimum absolute atomic E-state index is 0.0593. The number of morpholine rings is 1. The van der Waals surface area contributed by atoms with Crippen LogP contribution >= 0.6 is 0 Å². The summed E-state index contributed by atoms with van der Waals surface area (Å²) in [6.07, 6.45) is 0. The largest absolute Gasteiger partial charge is 0.378 e. The first-order valence-electron chi connectivity index (χ1n) is 8.81. The molecule has 0 aliphatic carbocycles. The Labute approximate surface area is 157 Å². The highest BCUT2D eigenvalue weighted by Gasteiger charge is 2.26. The lowest BCUT2D eigenvalue weighted by Crippen LogP contribution is -2.48. The molecule has 1 aliphatic heterocycles. The fourth-order valence-corrected chi connectivity index (χ4v) is 2.95. The Kier molecular flexibility index (Phi) is 6.16. The van der Waals surface area contributed by atoms with E-state index >= 15 is 0 Å². The average Bonchev–Trinajstić information content (AvgIpc) is 2.72. The van der Waals surface area contributed by atoms with Gasteiger partial charge in [0.15, 0.2) is 5.78 Å². The van der Waals surface area contributed by atoms with Crippen molar-refractivity contribution in [3.63, 3.8) is 0 Å². The van der Waals surface area contributed by atoms with Gasteiger partial charge in [-0.25, -0.2) is 9.18 Å².